The molecule has 0 saturated carbocycles. The number of rotatable bonds is 4. The average Bonchev–Trinajstić information content (AvgIpc) is 2.51. The largest absolute Gasteiger partial charge is 0.282 e. The predicted molar refractivity (Wildman–Crippen MR) is 87.9 cm³/mol. The second kappa shape index (κ2) is 5.73. The molecule has 0 amide bonds. The van der Waals surface area contributed by atoms with E-state index in [2.05, 4.69) is 14.9 Å². The van der Waals surface area contributed by atoms with Crippen LogP contribution in [0.25, 0.3) is 10.8 Å². The van der Waals surface area contributed by atoms with Crippen molar-refractivity contribution < 1.29 is 8.42 Å². The molecule has 1 heterocycles. The van der Waals surface area contributed by atoms with Gasteiger partial charge in [0, 0.05) is 0 Å². The summed E-state index contributed by atoms with van der Waals surface area (Å²) >= 11 is 0. The highest BCUT2D eigenvalue weighted by molar-refractivity contribution is 7.91. The highest BCUT2D eigenvalue weighted by atomic mass is 32.2. The molecule has 0 aliphatic rings. The molecule has 0 unspecified atom stereocenters. The molecule has 23 heavy (non-hydrogen) atoms. The molecule has 0 saturated heterocycles. The van der Waals surface area contributed by atoms with Crippen molar-refractivity contribution in [1.82, 2.24) is 10.2 Å². The van der Waals surface area contributed by atoms with Crippen LogP contribution in [0.3, 0.4) is 0 Å². The number of benzene rings is 2. The zero-order valence-corrected chi connectivity index (χ0v) is 12.7. The van der Waals surface area contributed by atoms with Gasteiger partial charge in [0.1, 0.15) is 0 Å². The fourth-order valence-electron chi connectivity index (χ4n) is 2.31. The first-order valence-corrected chi connectivity index (χ1v) is 8.39. The second-order valence-corrected chi connectivity index (χ2v) is 6.71. The van der Waals surface area contributed by atoms with E-state index in [1.165, 1.54) is 18.2 Å². The highest BCUT2D eigenvalue weighted by Gasteiger charge is 2.15. The molecule has 7 nitrogen and oxygen atoms in total. The monoisotopic (exact) mass is 331 g/mol. The van der Waals surface area contributed by atoms with Crippen LogP contribution in [0.2, 0.25) is 0 Å². The lowest BCUT2D eigenvalue weighted by molar-refractivity contribution is 0.600. The van der Waals surface area contributed by atoms with Crippen molar-refractivity contribution in [3.63, 3.8) is 0 Å². The Bertz CT molecular complexity index is 1070. The van der Waals surface area contributed by atoms with Crippen molar-refractivity contribution in [1.29, 1.82) is 0 Å². The Balaban J connectivity index is 2.03. The van der Waals surface area contributed by atoms with E-state index in [1.54, 1.807) is 30.3 Å². The minimum absolute atomic E-state index is 0.00730. The zero-order chi connectivity index (χ0) is 16.4. The average molecular weight is 331 g/mol. The third kappa shape index (κ3) is 3.16. The highest BCUT2D eigenvalue weighted by Crippen LogP contribution is 2.19. The number of fused-ring (bicyclic) bond motifs is 1. The normalized spacial score (nSPS) is 11.5. The fraction of sp³-hybridized carbons (Fsp3) is 0.0667. The van der Waals surface area contributed by atoms with Crippen molar-refractivity contribution >= 4 is 26.5 Å². The summed E-state index contributed by atoms with van der Waals surface area (Å²) in [7, 11) is -3.72. The van der Waals surface area contributed by atoms with Gasteiger partial charge in [0.05, 0.1) is 22.2 Å². The zero-order valence-electron chi connectivity index (χ0n) is 11.9. The molecule has 3 rings (SSSR count). The van der Waals surface area contributed by atoms with Crippen LogP contribution >= 0.6 is 0 Å². The lowest BCUT2D eigenvalue weighted by Crippen LogP contribution is -2.22. The second-order valence-electron chi connectivity index (χ2n) is 4.98. The molecule has 2 aromatic carbocycles. The van der Waals surface area contributed by atoms with Gasteiger partial charge in [-0.25, -0.2) is 8.42 Å². The summed E-state index contributed by atoms with van der Waals surface area (Å²) in [6.45, 7) is 0. The summed E-state index contributed by atoms with van der Waals surface area (Å²) in [4.78, 5) is 23.7. The number of aromatic amines is 2. The van der Waals surface area contributed by atoms with Gasteiger partial charge in [-0.2, -0.15) is 0 Å². The predicted octanol–water partition coefficient (Wildman–Crippen LogP) is 1.16. The van der Waals surface area contributed by atoms with Crippen LogP contribution in [0.5, 0.6) is 0 Å². The molecular formula is C15H13N3O4S. The smallest absolute Gasteiger partial charge is 0.272 e. The quantitative estimate of drug-likeness (QED) is 0.666. The van der Waals surface area contributed by atoms with E-state index in [-0.39, 0.29) is 22.2 Å². The molecule has 8 heteroatoms. The van der Waals surface area contributed by atoms with Crippen molar-refractivity contribution in [2.75, 3.05) is 4.72 Å². The van der Waals surface area contributed by atoms with Crippen LogP contribution in [0.1, 0.15) is 5.56 Å². The molecule has 0 aliphatic carbocycles. The fourth-order valence-corrected chi connectivity index (χ4v) is 3.52. The van der Waals surface area contributed by atoms with Crippen LogP contribution < -0.4 is 15.8 Å². The van der Waals surface area contributed by atoms with Crippen LogP contribution in [0, 0.1) is 0 Å². The summed E-state index contributed by atoms with van der Waals surface area (Å²) in [5, 5.41) is 4.52. The molecule has 0 atom stereocenters. The summed E-state index contributed by atoms with van der Waals surface area (Å²) in [5.74, 6) is -0.231. The maximum Gasteiger partial charge on any atom is 0.272 e. The number of hydrogen-bond donors (Lipinski definition) is 3. The topological polar surface area (TPSA) is 112 Å². The van der Waals surface area contributed by atoms with Crippen molar-refractivity contribution in [3.05, 3.63) is 74.8 Å². The summed E-state index contributed by atoms with van der Waals surface area (Å²) in [5.41, 5.74) is -0.376. The molecule has 0 radical (unpaired) electrons. The standard InChI is InChI=1S/C15H13N3O4S/c19-14-11-7-4-8-12(13(11)15(20)17-16-14)18-23(21,22)9-10-5-2-1-3-6-10/h1-8,18H,9H2,(H,16,19)(H,17,20). The molecule has 0 aliphatic heterocycles. The van der Waals surface area contributed by atoms with Gasteiger partial charge >= 0.3 is 0 Å². The Hall–Kier alpha value is -2.87. The molecule has 0 spiro atoms. The van der Waals surface area contributed by atoms with Gasteiger partial charge in [-0.1, -0.05) is 36.4 Å². The number of H-pyrrole nitrogens is 2. The summed E-state index contributed by atoms with van der Waals surface area (Å²) in [6, 6.07) is 13.1. The van der Waals surface area contributed by atoms with Gasteiger partial charge in [0.15, 0.2) is 0 Å². The Morgan fingerprint density at radius 3 is 2.30 bits per heavy atom. The maximum absolute atomic E-state index is 12.3. The van der Waals surface area contributed by atoms with Gasteiger partial charge in [-0.05, 0) is 17.7 Å². The lowest BCUT2D eigenvalue weighted by Gasteiger charge is -2.10. The molecule has 1 aromatic heterocycles. The van der Waals surface area contributed by atoms with Gasteiger partial charge in [-0.15, -0.1) is 0 Å². The van der Waals surface area contributed by atoms with Crippen molar-refractivity contribution in [2.24, 2.45) is 0 Å². The number of sulfonamides is 1. The van der Waals surface area contributed by atoms with Crippen LogP contribution in [-0.4, -0.2) is 18.6 Å². The van der Waals surface area contributed by atoms with Crippen LogP contribution in [-0.2, 0) is 15.8 Å². The van der Waals surface area contributed by atoms with Crippen molar-refractivity contribution in [3.8, 4) is 0 Å². The number of anilines is 1. The minimum Gasteiger partial charge on any atom is -0.282 e. The van der Waals surface area contributed by atoms with Crippen LogP contribution in [0.15, 0.2) is 58.1 Å². The SMILES string of the molecule is O=c1[nH][nH]c(=O)c2c(NS(=O)(=O)Cc3ccccc3)cccc12. The molecule has 118 valence electrons. The van der Waals surface area contributed by atoms with Gasteiger partial charge in [-0.3, -0.25) is 24.5 Å². The van der Waals surface area contributed by atoms with Gasteiger partial charge in [0.2, 0.25) is 10.0 Å². The third-order valence-corrected chi connectivity index (χ3v) is 4.53. The number of nitrogens with one attached hydrogen (secondary N) is 3. The van der Waals surface area contributed by atoms with E-state index in [1.807, 2.05) is 0 Å². The molecule has 3 N–H and O–H groups in total. The first-order chi connectivity index (χ1) is 11.0. The van der Waals surface area contributed by atoms with Gasteiger partial charge < -0.3 is 0 Å². The Morgan fingerprint density at radius 2 is 1.57 bits per heavy atom. The minimum atomic E-state index is -3.72. The summed E-state index contributed by atoms with van der Waals surface area (Å²) < 4.78 is 27.0. The van der Waals surface area contributed by atoms with E-state index >= 15 is 0 Å². The molecule has 0 fully saturated rings. The maximum atomic E-state index is 12.3. The number of hydrogen-bond acceptors (Lipinski definition) is 4. The Kier molecular flexibility index (Phi) is 3.75. The number of aromatic nitrogens is 2. The van der Waals surface area contributed by atoms with E-state index < -0.39 is 21.1 Å². The van der Waals surface area contributed by atoms with Crippen LogP contribution in [0.4, 0.5) is 5.69 Å². The van der Waals surface area contributed by atoms with E-state index in [0.29, 0.717) is 5.56 Å². The molecule has 3 aromatic rings. The lowest BCUT2D eigenvalue weighted by atomic mass is 10.2. The third-order valence-electron chi connectivity index (χ3n) is 3.29. The Labute approximate surface area is 131 Å². The van der Waals surface area contributed by atoms with E-state index in [4.69, 9.17) is 0 Å². The summed E-state index contributed by atoms with van der Waals surface area (Å²) in [6.07, 6.45) is 0. The molecular weight excluding hydrogens is 318 g/mol. The first-order valence-electron chi connectivity index (χ1n) is 6.74. The van der Waals surface area contributed by atoms with Crippen molar-refractivity contribution in [2.45, 2.75) is 5.75 Å². The molecule has 0 bridgehead atoms. The van der Waals surface area contributed by atoms with Gasteiger partial charge in [0.25, 0.3) is 11.1 Å². The first kappa shape index (κ1) is 15.0. The Morgan fingerprint density at radius 1 is 0.870 bits per heavy atom. The van der Waals surface area contributed by atoms with E-state index in [0.717, 1.165) is 0 Å². The van der Waals surface area contributed by atoms with E-state index in [9.17, 15) is 18.0 Å².